The number of nitrogens with two attached hydrogens (primary N) is 1. The molecule has 0 radical (unpaired) electrons. The van der Waals surface area contributed by atoms with Crippen LogP contribution in [0.5, 0.6) is 0 Å². The van der Waals surface area contributed by atoms with Crippen LogP contribution in [0.1, 0.15) is 36.9 Å². The van der Waals surface area contributed by atoms with Crippen LogP contribution in [0.3, 0.4) is 0 Å². The number of benzene rings is 2. The molecule has 0 atom stereocenters. The lowest BCUT2D eigenvalue weighted by molar-refractivity contribution is 0.742. The predicted molar refractivity (Wildman–Crippen MR) is 136 cm³/mol. The van der Waals surface area contributed by atoms with Crippen molar-refractivity contribution in [3.05, 3.63) is 94.5 Å². The molecular weight excluding hydrogens is 422 g/mol. The Morgan fingerprint density at radius 3 is 2.65 bits per heavy atom. The van der Waals surface area contributed by atoms with E-state index in [9.17, 15) is 4.79 Å². The summed E-state index contributed by atoms with van der Waals surface area (Å²) in [7, 11) is 0. The zero-order valence-electron chi connectivity index (χ0n) is 18.8. The van der Waals surface area contributed by atoms with E-state index in [0.29, 0.717) is 16.9 Å². The first-order valence-electron chi connectivity index (χ1n) is 11.7. The topological polar surface area (TPSA) is 89.1 Å². The van der Waals surface area contributed by atoms with Gasteiger partial charge in [-0.05, 0) is 55.0 Å². The quantitative estimate of drug-likeness (QED) is 0.390. The van der Waals surface area contributed by atoms with Gasteiger partial charge in [0.05, 0.1) is 11.1 Å². The summed E-state index contributed by atoms with van der Waals surface area (Å²) in [4.78, 5) is 21.8. The van der Waals surface area contributed by atoms with Gasteiger partial charge in [0.1, 0.15) is 11.3 Å². The van der Waals surface area contributed by atoms with Crippen molar-refractivity contribution in [2.45, 2.75) is 32.2 Å². The first-order chi connectivity index (χ1) is 16.7. The van der Waals surface area contributed by atoms with E-state index < -0.39 is 0 Å². The molecule has 6 nitrogen and oxygen atoms in total. The minimum Gasteiger partial charge on any atom is -0.341 e. The molecule has 1 aliphatic rings. The van der Waals surface area contributed by atoms with Gasteiger partial charge in [0, 0.05) is 34.9 Å². The summed E-state index contributed by atoms with van der Waals surface area (Å²) in [6, 6.07) is 19.8. The molecule has 0 fully saturated rings. The summed E-state index contributed by atoms with van der Waals surface area (Å²) >= 11 is 0. The number of nitrogens with zero attached hydrogens (tertiary/aromatic N) is 3. The zero-order chi connectivity index (χ0) is 23.1. The van der Waals surface area contributed by atoms with E-state index in [2.05, 4.69) is 16.0 Å². The fourth-order valence-electron chi connectivity index (χ4n) is 4.97. The number of rotatable bonds is 4. The molecule has 0 unspecified atom stereocenters. The van der Waals surface area contributed by atoms with Gasteiger partial charge in [-0.15, -0.1) is 0 Å². The van der Waals surface area contributed by atoms with Gasteiger partial charge in [0.2, 0.25) is 0 Å². The Kier molecular flexibility index (Phi) is 5.08. The van der Waals surface area contributed by atoms with Gasteiger partial charge < -0.3 is 10.7 Å². The second kappa shape index (κ2) is 8.39. The molecule has 0 aliphatic heterocycles. The Morgan fingerprint density at radius 1 is 0.971 bits per heavy atom. The number of allylic oxidation sites excluding steroid dienone is 2. The van der Waals surface area contributed by atoms with Gasteiger partial charge in [0.25, 0.3) is 5.56 Å². The highest BCUT2D eigenvalue weighted by atomic mass is 16.1. The maximum absolute atomic E-state index is 13.9. The molecule has 0 amide bonds. The van der Waals surface area contributed by atoms with Crippen LogP contribution < -0.4 is 11.3 Å². The Hall–Kier alpha value is -4.03. The summed E-state index contributed by atoms with van der Waals surface area (Å²) in [5, 5.41) is 5.83. The molecule has 0 saturated carbocycles. The minimum atomic E-state index is -0.169. The van der Waals surface area contributed by atoms with Crippen molar-refractivity contribution >= 4 is 22.1 Å². The van der Waals surface area contributed by atoms with E-state index >= 15 is 0 Å². The van der Waals surface area contributed by atoms with Crippen molar-refractivity contribution in [2.75, 3.05) is 0 Å². The number of fused-ring (bicyclic) bond motifs is 2. The van der Waals surface area contributed by atoms with E-state index in [4.69, 9.17) is 10.8 Å². The van der Waals surface area contributed by atoms with Crippen molar-refractivity contribution in [3.63, 3.8) is 0 Å². The Labute approximate surface area is 196 Å². The molecule has 0 spiro atoms. The number of aromatic amines is 1. The number of nitrogens with one attached hydrogen (secondary N) is 1. The monoisotopic (exact) mass is 447 g/mol. The molecule has 1 aliphatic carbocycles. The van der Waals surface area contributed by atoms with E-state index in [1.807, 2.05) is 60.7 Å². The van der Waals surface area contributed by atoms with Crippen LogP contribution in [0, 0.1) is 0 Å². The van der Waals surface area contributed by atoms with Crippen molar-refractivity contribution < 1.29 is 0 Å². The Morgan fingerprint density at radius 2 is 1.85 bits per heavy atom. The normalized spacial score (nSPS) is 14.0. The van der Waals surface area contributed by atoms with Crippen LogP contribution >= 0.6 is 0 Å². The van der Waals surface area contributed by atoms with Crippen molar-refractivity contribution in [1.82, 2.24) is 19.6 Å². The number of H-pyrrole nitrogens is 1. The van der Waals surface area contributed by atoms with Crippen molar-refractivity contribution in [1.29, 1.82) is 0 Å². The number of aromatic nitrogens is 4. The highest BCUT2D eigenvalue weighted by molar-refractivity contribution is 5.89. The molecule has 2 aromatic carbocycles. The number of hydrogen-bond donors (Lipinski definition) is 2. The average Bonchev–Trinajstić information content (AvgIpc) is 3.29. The van der Waals surface area contributed by atoms with E-state index in [1.165, 1.54) is 16.5 Å². The number of pyridine rings is 1. The molecule has 6 rings (SSSR count). The second-order valence-electron chi connectivity index (χ2n) is 8.72. The molecule has 6 heteroatoms. The van der Waals surface area contributed by atoms with Gasteiger partial charge in [-0.2, -0.15) is 9.61 Å². The molecule has 0 bridgehead atoms. The molecule has 34 heavy (non-hydrogen) atoms. The maximum atomic E-state index is 13.9. The molecule has 3 aromatic heterocycles. The van der Waals surface area contributed by atoms with Crippen molar-refractivity contribution in [3.8, 4) is 22.4 Å². The predicted octanol–water partition coefficient (Wildman–Crippen LogP) is 5.32. The largest absolute Gasteiger partial charge is 0.341 e. The van der Waals surface area contributed by atoms with Crippen LogP contribution in [-0.4, -0.2) is 19.6 Å². The summed E-state index contributed by atoms with van der Waals surface area (Å²) in [6.45, 7) is 0.219. The van der Waals surface area contributed by atoms with Crippen LogP contribution in [0.15, 0.2) is 77.7 Å². The van der Waals surface area contributed by atoms with Crippen molar-refractivity contribution in [2.24, 2.45) is 5.73 Å². The fraction of sp³-hybridized carbons (Fsp3) is 0.179. The summed E-state index contributed by atoms with van der Waals surface area (Å²) in [5.41, 5.74) is 13.7. The highest BCUT2D eigenvalue weighted by Gasteiger charge is 2.24. The van der Waals surface area contributed by atoms with E-state index in [-0.39, 0.29) is 12.1 Å². The first kappa shape index (κ1) is 20.6. The fourth-order valence-corrected chi connectivity index (χ4v) is 4.97. The molecular formula is C28H25N5O. The second-order valence-corrected chi connectivity index (χ2v) is 8.72. The van der Waals surface area contributed by atoms with Gasteiger partial charge in [-0.25, -0.2) is 0 Å². The first-order valence-corrected chi connectivity index (χ1v) is 11.7. The lowest BCUT2D eigenvalue weighted by Gasteiger charge is -2.14. The third-order valence-electron chi connectivity index (χ3n) is 6.62. The van der Waals surface area contributed by atoms with Crippen LogP contribution in [0.4, 0.5) is 0 Å². The Balaban J connectivity index is 1.65. The van der Waals surface area contributed by atoms with E-state index in [1.54, 1.807) is 6.20 Å². The molecule has 3 N–H and O–H groups in total. The Bertz CT molecular complexity index is 1610. The minimum absolute atomic E-state index is 0.169. The third kappa shape index (κ3) is 3.35. The SMILES string of the molecule is NCc1[nH]c2c(C3=CCCCC3)c(-c3ccccc3)nn2c(=O)c1-c1ccc2ncccc2c1. The van der Waals surface area contributed by atoms with Gasteiger partial charge in [0.15, 0.2) is 0 Å². The molecule has 0 saturated heterocycles. The van der Waals surface area contributed by atoms with Crippen LogP contribution in [0.2, 0.25) is 0 Å². The standard InChI is InChI=1S/C28H25N5O/c29-17-23-24(21-13-14-22-20(16-21)12-7-15-30-22)28(34)33-27(31-23)25(18-8-3-1-4-9-18)26(32-33)19-10-5-2-6-11-19/h2,5-8,10-16,31H,1,3-4,9,17,29H2. The lowest BCUT2D eigenvalue weighted by Crippen LogP contribution is -2.21. The third-order valence-corrected chi connectivity index (χ3v) is 6.62. The summed E-state index contributed by atoms with van der Waals surface area (Å²) in [5.74, 6) is 0. The number of hydrogen-bond acceptors (Lipinski definition) is 4. The molecule has 5 aromatic rings. The van der Waals surface area contributed by atoms with Gasteiger partial charge in [-0.1, -0.05) is 48.5 Å². The molecule has 3 heterocycles. The average molecular weight is 448 g/mol. The van der Waals surface area contributed by atoms with Gasteiger partial charge in [-0.3, -0.25) is 9.78 Å². The molecule has 168 valence electrons. The smallest absolute Gasteiger partial charge is 0.282 e. The van der Waals surface area contributed by atoms with Crippen LogP contribution in [-0.2, 0) is 6.54 Å². The zero-order valence-corrected chi connectivity index (χ0v) is 18.8. The summed E-state index contributed by atoms with van der Waals surface area (Å²) in [6.07, 6.45) is 8.39. The lowest BCUT2D eigenvalue weighted by atomic mass is 9.92. The van der Waals surface area contributed by atoms with E-state index in [0.717, 1.165) is 52.5 Å². The highest BCUT2D eigenvalue weighted by Crippen LogP contribution is 2.36. The van der Waals surface area contributed by atoms with Gasteiger partial charge >= 0.3 is 0 Å². The summed E-state index contributed by atoms with van der Waals surface area (Å²) < 4.78 is 1.52. The van der Waals surface area contributed by atoms with Crippen LogP contribution in [0.25, 0.3) is 44.5 Å². The maximum Gasteiger partial charge on any atom is 0.282 e.